The van der Waals surface area contributed by atoms with E-state index in [-0.39, 0.29) is 30.0 Å². The minimum atomic E-state index is 0. The van der Waals surface area contributed by atoms with Gasteiger partial charge in [0.15, 0.2) is 5.96 Å². The molecule has 0 radical (unpaired) electrons. The van der Waals surface area contributed by atoms with E-state index in [2.05, 4.69) is 67.3 Å². The Bertz CT molecular complexity index is 611. The average Bonchev–Trinajstić information content (AvgIpc) is 3.25. The zero-order valence-electron chi connectivity index (χ0n) is 17.2. The van der Waals surface area contributed by atoms with Crippen molar-refractivity contribution in [2.24, 2.45) is 10.4 Å². The lowest BCUT2D eigenvalue weighted by molar-refractivity contribution is 0.156. The summed E-state index contributed by atoms with van der Waals surface area (Å²) in [5.74, 6) is 1.05. The summed E-state index contributed by atoms with van der Waals surface area (Å²) in [4.78, 5) is 9.71. The summed E-state index contributed by atoms with van der Waals surface area (Å²) >= 11 is 0. The van der Waals surface area contributed by atoms with Gasteiger partial charge >= 0.3 is 0 Å². The van der Waals surface area contributed by atoms with Crippen LogP contribution in [0.1, 0.15) is 36.9 Å². The molecule has 0 bridgehead atoms. The molecule has 0 aromatic heterocycles. The number of aryl methyl sites for hydroxylation is 1. The van der Waals surface area contributed by atoms with E-state index in [4.69, 9.17) is 9.73 Å². The predicted molar refractivity (Wildman–Crippen MR) is 123 cm³/mol. The Balaban J connectivity index is 0.00000261. The molecule has 3 rings (SSSR count). The lowest BCUT2D eigenvalue weighted by Gasteiger charge is -2.27. The highest BCUT2D eigenvalue weighted by Gasteiger charge is 2.42. The zero-order chi connectivity index (χ0) is 18.6. The molecule has 2 fully saturated rings. The standard InChI is InChI=1S/C21H34N4O.HI/c1-5-22-20(25-12-10-21(15-25)11-13-26-16-21)23-14-19(24(3)4)18-8-6-17(2)7-9-18;/h6-9,19H,5,10-16H2,1-4H3,(H,22,23);1H. The van der Waals surface area contributed by atoms with Crippen LogP contribution in [-0.4, -0.2) is 69.2 Å². The number of likely N-dealkylation sites (N-methyl/N-ethyl adjacent to an activating group) is 1. The van der Waals surface area contributed by atoms with Crippen LogP contribution in [0.5, 0.6) is 0 Å². The van der Waals surface area contributed by atoms with E-state index in [1.807, 2.05) is 0 Å². The number of guanidine groups is 1. The molecular weight excluding hydrogens is 451 g/mol. The number of hydrogen-bond acceptors (Lipinski definition) is 3. The molecule has 2 atom stereocenters. The average molecular weight is 486 g/mol. The molecule has 2 heterocycles. The molecule has 1 aromatic carbocycles. The van der Waals surface area contributed by atoms with Crippen LogP contribution in [0.15, 0.2) is 29.3 Å². The van der Waals surface area contributed by atoms with Crippen molar-refractivity contribution < 1.29 is 4.74 Å². The molecule has 0 saturated carbocycles. The Kier molecular flexibility index (Phi) is 8.37. The topological polar surface area (TPSA) is 40.1 Å². The lowest BCUT2D eigenvalue weighted by Crippen LogP contribution is -2.42. The molecule has 2 aliphatic rings. The van der Waals surface area contributed by atoms with Crippen molar-refractivity contribution in [2.45, 2.75) is 32.7 Å². The van der Waals surface area contributed by atoms with Crippen molar-refractivity contribution in [1.29, 1.82) is 0 Å². The minimum absolute atomic E-state index is 0. The number of ether oxygens (including phenoxy) is 1. The van der Waals surface area contributed by atoms with Crippen molar-refractivity contribution in [3.05, 3.63) is 35.4 Å². The van der Waals surface area contributed by atoms with Gasteiger partial charge in [-0.25, -0.2) is 0 Å². The van der Waals surface area contributed by atoms with Gasteiger partial charge in [-0.3, -0.25) is 4.99 Å². The van der Waals surface area contributed by atoms with Crippen LogP contribution < -0.4 is 5.32 Å². The SMILES string of the molecule is CCNC(=NCC(c1ccc(C)cc1)N(C)C)N1CCC2(CCOC2)C1.I. The van der Waals surface area contributed by atoms with Crippen molar-refractivity contribution in [1.82, 2.24) is 15.1 Å². The maximum atomic E-state index is 5.67. The second-order valence-corrected chi connectivity index (χ2v) is 8.06. The van der Waals surface area contributed by atoms with E-state index < -0.39 is 0 Å². The fraction of sp³-hybridized carbons (Fsp3) is 0.667. The normalized spacial score (nSPS) is 23.7. The molecule has 1 N–H and O–H groups in total. The summed E-state index contributed by atoms with van der Waals surface area (Å²) in [5, 5.41) is 3.50. The first-order valence-corrected chi connectivity index (χ1v) is 9.87. The van der Waals surface area contributed by atoms with Crippen LogP contribution in [0.3, 0.4) is 0 Å². The summed E-state index contributed by atoms with van der Waals surface area (Å²) in [6.07, 6.45) is 2.40. The van der Waals surface area contributed by atoms with Gasteiger partial charge in [0.05, 0.1) is 19.2 Å². The van der Waals surface area contributed by atoms with Crippen molar-refractivity contribution in [3.63, 3.8) is 0 Å². The molecule has 152 valence electrons. The number of nitrogens with one attached hydrogen (secondary N) is 1. The highest BCUT2D eigenvalue weighted by atomic mass is 127. The predicted octanol–water partition coefficient (Wildman–Crippen LogP) is 3.29. The van der Waals surface area contributed by atoms with Gasteiger partial charge < -0.3 is 19.9 Å². The molecule has 0 aliphatic carbocycles. The van der Waals surface area contributed by atoms with E-state index in [1.165, 1.54) is 24.0 Å². The van der Waals surface area contributed by atoms with Gasteiger partial charge in [0, 0.05) is 31.7 Å². The van der Waals surface area contributed by atoms with E-state index in [0.29, 0.717) is 5.41 Å². The minimum Gasteiger partial charge on any atom is -0.381 e. The lowest BCUT2D eigenvalue weighted by atomic mass is 9.87. The van der Waals surface area contributed by atoms with Crippen LogP contribution in [0.2, 0.25) is 0 Å². The van der Waals surface area contributed by atoms with Crippen LogP contribution in [0.25, 0.3) is 0 Å². The monoisotopic (exact) mass is 486 g/mol. The molecule has 2 saturated heterocycles. The molecule has 1 aromatic rings. The summed E-state index contributed by atoms with van der Waals surface area (Å²) in [5.41, 5.74) is 2.97. The smallest absolute Gasteiger partial charge is 0.194 e. The highest BCUT2D eigenvalue weighted by molar-refractivity contribution is 14.0. The van der Waals surface area contributed by atoms with Crippen molar-refractivity contribution in [3.8, 4) is 0 Å². The van der Waals surface area contributed by atoms with Gasteiger partial charge in [0.2, 0.25) is 0 Å². The largest absolute Gasteiger partial charge is 0.381 e. The molecule has 2 unspecified atom stereocenters. The summed E-state index contributed by atoms with van der Waals surface area (Å²) in [6.45, 7) is 9.90. The Hall–Kier alpha value is -0.860. The Labute approximate surface area is 181 Å². The molecule has 6 heteroatoms. The van der Waals surface area contributed by atoms with E-state index in [0.717, 1.165) is 45.4 Å². The molecule has 2 aliphatic heterocycles. The molecule has 1 spiro atoms. The quantitative estimate of drug-likeness (QED) is 0.394. The van der Waals surface area contributed by atoms with Gasteiger partial charge in [-0.2, -0.15) is 0 Å². The number of aliphatic imine (C=N–C) groups is 1. The fourth-order valence-electron chi connectivity index (χ4n) is 4.04. The third-order valence-corrected chi connectivity index (χ3v) is 5.76. The first-order chi connectivity index (χ1) is 12.5. The Morgan fingerprint density at radius 3 is 2.63 bits per heavy atom. The Morgan fingerprint density at radius 2 is 2.04 bits per heavy atom. The maximum absolute atomic E-state index is 5.67. The van der Waals surface area contributed by atoms with E-state index in [1.54, 1.807) is 0 Å². The van der Waals surface area contributed by atoms with Crippen LogP contribution in [0.4, 0.5) is 0 Å². The Morgan fingerprint density at radius 1 is 1.30 bits per heavy atom. The van der Waals surface area contributed by atoms with Gasteiger partial charge in [0.1, 0.15) is 0 Å². The fourth-order valence-corrected chi connectivity index (χ4v) is 4.04. The van der Waals surface area contributed by atoms with E-state index in [9.17, 15) is 0 Å². The van der Waals surface area contributed by atoms with Gasteiger partial charge in [-0.15, -0.1) is 24.0 Å². The third-order valence-electron chi connectivity index (χ3n) is 5.76. The molecule has 5 nitrogen and oxygen atoms in total. The summed E-state index contributed by atoms with van der Waals surface area (Å²) in [6, 6.07) is 9.11. The van der Waals surface area contributed by atoms with Crippen LogP contribution >= 0.6 is 24.0 Å². The number of rotatable bonds is 5. The second kappa shape index (κ2) is 10.1. The second-order valence-electron chi connectivity index (χ2n) is 8.06. The highest BCUT2D eigenvalue weighted by Crippen LogP contribution is 2.38. The maximum Gasteiger partial charge on any atom is 0.194 e. The summed E-state index contributed by atoms with van der Waals surface area (Å²) < 4.78 is 5.67. The van der Waals surface area contributed by atoms with Gasteiger partial charge in [-0.05, 0) is 46.3 Å². The van der Waals surface area contributed by atoms with Crippen molar-refractivity contribution >= 4 is 29.9 Å². The number of likely N-dealkylation sites (tertiary alicyclic amines) is 1. The third kappa shape index (κ3) is 5.57. The van der Waals surface area contributed by atoms with Crippen molar-refractivity contribution in [2.75, 3.05) is 53.5 Å². The zero-order valence-corrected chi connectivity index (χ0v) is 19.5. The van der Waals surface area contributed by atoms with Crippen LogP contribution in [0, 0.1) is 12.3 Å². The number of hydrogen-bond donors (Lipinski definition) is 1. The van der Waals surface area contributed by atoms with Gasteiger partial charge in [0.25, 0.3) is 0 Å². The first-order valence-electron chi connectivity index (χ1n) is 9.87. The molecule has 27 heavy (non-hydrogen) atoms. The summed E-state index contributed by atoms with van der Waals surface area (Å²) in [7, 11) is 4.27. The van der Waals surface area contributed by atoms with Gasteiger partial charge in [-0.1, -0.05) is 29.8 Å². The van der Waals surface area contributed by atoms with E-state index >= 15 is 0 Å². The number of benzene rings is 1. The molecular formula is C21H35IN4O. The van der Waals surface area contributed by atoms with Crippen LogP contribution in [-0.2, 0) is 4.74 Å². The first kappa shape index (κ1) is 22.4. The number of nitrogens with zero attached hydrogens (tertiary/aromatic N) is 3. The molecule has 0 amide bonds. The number of halogens is 1.